The van der Waals surface area contributed by atoms with Crippen molar-refractivity contribution < 1.29 is 9.59 Å². The first-order chi connectivity index (χ1) is 12.0. The van der Waals surface area contributed by atoms with Gasteiger partial charge >= 0.3 is 6.03 Å². The van der Waals surface area contributed by atoms with Crippen LogP contribution in [0.4, 0.5) is 10.5 Å². The van der Waals surface area contributed by atoms with Gasteiger partial charge in [0.05, 0.1) is 0 Å². The van der Waals surface area contributed by atoms with Crippen LogP contribution in [0.1, 0.15) is 18.9 Å². The van der Waals surface area contributed by atoms with Crippen molar-refractivity contribution in [1.29, 1.82) is 0 Å². The molecule has 0 spiro atoms. The highest BCUT2D eigenvalue weighted by atomic mass is 16.2. The number of carbonyl (C=O) groups excluding carboxylic acids is 2. The van der Waals surface area contributed by atoms with E-state index in [2.05, 4.69) is 46.3 Å². The first kappa shape index (κ1) is 16.4. The molecule has 0 aromatic heterocycles. The minimum Gasteiger partial charge on any atom is -0.343 e. The molecule has 25 heavy (non-hydrogen) atoms. The summed E-state index contributed by atoms with van der Waals surface area (Å²) < 4.78 is 0. The second-order valence-corrected chi connectivity index (χ2v) is 7.03. The van der Waals surface area contributed by atoms with Crippen LogP contribution in [0.15, 0.2) is 24.3 Å². The average Bonchev–Trinajstić information content (AvgIpc) is 3.00. The Bertz CT molecular complexity index is 708. The molecule has 0 radical (unpaired) electrons. The molecule has 134 valence electrons. The van der Waals surface area contributed by atoms with Crippen LogP contribution in [0, 0.1) is 6.92 Å². The van der Waals surface area contributed by atoms with Crippen LogP contribution in [-0.2, 0) is 4.79 Å². The maximum atomic E-state index is 12.9. The Morgan fingerprint density at radius 2 is 2.04 bits per heavy atom. The lowest BCUT2D eigenvalue weighted by Gasteiger charge is -2.43. The summed E-state index contributed by atoms with van der Waals surface area (Å²) in [5, 5.41) is 3.53. The highest BCUT2D eigenvalue weighted by Crippen LogP contribution is 2.33. The lowest BCUT2D eigenvalue weighted by molar-refractivity contribution is -0.138. The van der Waals surface area contributed by atoms with Gasteiger partial charge in [0.25, 0.3) is 5.91 Å². The largest absolute Gasteiger partial charge is 0.343 e. The number of aryl methyl sites for hydroxylation is 1. The topological polar surface area (TPSA) is 59.1 Å². The Balaban J connectivity index is 1.68. The summed E-state index contributed by atoms with van der Waals surface area (Å²) in [4.78, 5) is 32.9. The normalized spacial score (nSPS) is 29.9. The van der Waals surface area contributed by atoms with E-state index in [1.54, 1.807) is 11.9 Å². The van der Waals surface area contributed by atoms with Crippen LogP contribution >= 0.6 is 0 Å². The molecule has 0 bridgehead atoms. The molecular weight excluding hydrogens is 318 g/mol. The second kappa shape index (κ2) is 6.00. The van der Waals surface area contributed by atoms with E-state index < -0.39 is 0 Å². The minimum atomic E-state index is -0.319. The van der Waals surface area contributed by atoms with E-state index in [0.717, 1.165) is 25.2 Å². The minimum absolute atomic E-state index is 0.0680. The van der Waals surface area contributed by atoms with Crippen molar-refractivity contribution in [3.8, 4) is 0 Å². The van der Waals surface area contributed by atoms with Crippen LogP contribution < -0.4 is 10.2 Å². The molecule has 0 saturated carbocycles. The number of rotatable bonds is 2. The van der Waals surface area contributed by atoms with Gasteiger partial charge in [-0.2, -0.15) is 0 Å². The zero-order valence-corrected chi connectivity index (χ0v) is 15.0. The van der Waals surface area contributed by atoms with Crippen LogP contribution in [0.3, 0.4) is 0 Å². The molecule has 0 aliphatic carbocycles. The molecule has 3 atom stereocenters. The number of hydrogen-bond acceptors (Lipinski definition) is 5. The number of nitrogens with one attached hydrogen (secondary N) is 1. The Hall–Kier alpha value is -2.12. The number of urea groups is 1. The van der Waals surface area contributed by atoms with Crippen LogP contribution in [0.2, 0.25) is 0 Å². The Morgan fingerprint density at radius 1 is 1.24 bits per heavy atom. The molecule has 3 unspecified atom stereocenters. The Morgan fingerprint density at radius 3 is 2.76 bits per heavy atom. The number of likely N-dealkylation sites (N-methyl/N-ethyl adjacent to an activating group) is 2. The predicted molar refractivity (Wildman–Crippen MR) is 94.9 cm³/mol. The Kier molecular flexibility index (Phi) is 3.92. The standard InChI is InChI=1S/C18H25N5O2/c1-4-21-16(24)14-15(20(3)18(21)25)19-17-22(9-6-10-23(14)17)13-8-5-7-12(2)11-13/h5,7-8,11,14-15,17,19H,4,6,9-10H2,1-3H3. The van der Waals surface area contributed by atoms with Crippen molar-refractivity contribution in [3.05, 3.63) is 29.8 Å². The smallest absolute Gasteiger partial charge is 0.327 e. The van der Waals surface area contributed by atoms with Crippen molar-refractivity contribution in [2.75, 3.05) is 31.6 Å². The number of amides is 3. The molecule has 3 aliphatic rings. The maximum absolute atomic E-state index is 12.9. The monoisotopic (exact) mass is 343 g/mol. The molecule has 3 saturated heterocycles. The second-order valence-electron chi connectivity index (χ2n) is 7.03. The van der Waals surface area contributed by atoms with Crippen molar-refractivity contribution in [1.82, 2.24) is 20.0 Å². The fourth-order valence-corrected chi connectivity index (χ4v) is 4.28. The molecule has 1 aromatic carbocycles. The maximum Gasteiger partial charge on any atom is 0.327 e. The third kappa shape index (κ3) is 2.41. The molecule has 3 amide bonds. The summed E-state index contributed by atoms with van der Waals surface area (Å²) in [7, 11) is 1.78. The molecule has 7 nitrogen and oxygen atoms in total. The number of benzene rings is 1. The fourth-order valence-electron chi connectivity index (χ4n) is 4.28. The quantitative estimate of drug-likeness (QED) is 0.868. The van der Waals surface area contributed by atoms with Crippen LogP contribution in [-0.4, -0.2) is 71.8 Å². The van der Waals surface area contributed by atoms with E-state index in [-0.39, 0.29) is 30.4 Å². The van der Waals surface area contributed by atoms with Gasteiger partial charge < -0.3 is 9.80 Å². The lowest BCUT2D eigenvalue weighted by Crippen LogP contribution is -2.66. The summed E-state index contributed by atoms with van der Waals surface area (Å²) in [6.45, 7) is 6.12. The van der Waals surface area contributed by atoms with Crippen molar-refractivity contribution >= 4 is 17.6 Å². The Labute approximate surface area is 148 Å². The van der Waals surface area contributed by atoms with Gasteiger partial charge in [-0.1, -0.05) is 12.1 Å². The van der Waals surface area contributed by atoms with E-state index in [1.165, 1.54) is 10.5 Å². The molecule has 1 N–H and O–H groups in total. The molecule has 7 heteroatoms. The van der Waals surface area contributed by atoms with Crippen molar-refractivity contribution in [2.45, 2.75) is 38.8 Å². The highest BCUT2D eigenvalue weighted by Gasteiger charge is 2.55. The van der Waals surface area contributed by atoms with E-state index in [4.69, 9.17) is 0 Å². The molecule has 3 heterocycles. The predicted octanol–water partition coefficient (Wildman–Crippen LogP) is 1.00. The molecule has 4 rings (SSSR count). The van der Waals surface area contributed by atoms with Crippen LogP contribution in [0.25, 0.3) is 0 Å². The number of imide groups is 1. The molecule has 3 fully saturated rings. The third-order valence-electron chi connectivity index (χ3n) is 5.52. The summed E-state index contributed by atoms with van der Waals surface area (Å²) in [6.07, 6.45) is 0.645. The van der Waals surface area contributed by atoms with Crippen LogP contribution in [0.5, 0.6) is 0 Å². The van der Waals surface area contributed by atoms with Gasteiger partial charge in [-0.25, -0.2) is 4.79 Å². The van der Waals surface area contributed by atoms with Gasteiger partial charge in [-0.15, -0.1) is 0 Å². The molecule has 1 aromatic rings. The SMILES string of the molecule is CCN1C(=O)C2C(NC3N(c4cccc(C)c4)CCCN23)N(C)C1=O. The number of hydrogen-bond donors (Lipinski definition) is 1. The van der Waals surface area contributed by atoms with E-state index in [0.29, 0.717) is 6.54 Å². The zero-order chi connectivity index (χ0) is 17.7. The lowest BCUT2D eigenvalue weighted by atomic mass is 10.1. The summed E-state index contributed by atoms with van der Waals surface area (Å²) in [5.41, 5.74) is 2.36. The van der Waals surface area contributed by atoms with Gasteiger partial charge in [0, 0.05) is 32.4 Å². The van der Waals surface area contributed by atoms with E-state index in [9.17, 15) is 9.59 Å². The van der Waals surface area contributed by atoms with Gasteiger partial charge in [0.1, 0.15) is 18.5 Å². The fraction of sp³-hybridized carbons (Fsp3) is 0.556. The van der Waals surface area contributed by atoms with Crippen molar-refractivity contribution in [2.24, 2.45) is 0 Å². The molecular formula is C18H25N5O2. The summed E-state index contributed by atoms with van der Waals surface area (Å²) in [6, 6.07) is 7.88. The van der Waals surface area contributed by atoms with Crippen molar-refractivity contribution in [3.63, 3.8) is 0 Å². The van der Waals surface area contributed by atoms with Gasteiger partial charge in [0.15, 0.2) is 0 Å². The highest BCUT2D eigenvalue weighted by molar-refractivity contribution is 6.00. The third-order valence-corrected chi connectivity index (χ3v) is 5.52. The van der Waals surface area contributed by atoms with E-state index in [1.807, 2.05) is 6.92 Å². The van der Waals surface area contributed by atoms with Gasteiger partial charge in [0.2, 0.25) is 0 Å². The molecule has 3 aliphatic heterocycles. The number of nitrogens with zero attached hydrogens (tertiary/aromatic N) is 4. The summed E-state index contributed by atoms with van der Waals surface area (Å²) in [5.74, 6) is -0.0864. The van der Waals surface area contributed by atoms with Gasteiger partial charge in [-0.3, -0.25) is 19.9 Å². The van der Waals surface area contributed by atoms with E-state index >= 15 is 0 Å². The summed E-state index contributed by atoms with van der Waals surface area (Å²) >= 11 is 0. The first-order valence-corrected chi connectivity index (χ1v) is 8.96. The number of carbonyl (C=O) groups is 2. The van der Waals surface area contributed by atoms with Gasteiger partial charge in [-0.05, 0) is 38.0 Å². The number of anilines is 1. The first-order valence-electron chi connectivity index (χ1n) is 8.96. The zero-order valence-electron chi connectivity index (χ0n) is 15.0. The number of fused-ring (bicyclic) bond motifs is 3. The average molecular weight is 343 g/mol.